The van der Waals surface area contributed by atoms with Gasteiger partial charge < -0.3 is 0 Å². The smallest absolute Gasteiger partial charge is 0.186 e. The third-order valence-electron chi connectivity index (χ3n) is 4.56. The third kappa shape index (κ3) is 7.56. The first-order valence-electron chi connectivity index (χ1n) is 9.88. The van der Waals surface area contributed by atoms with Crippen LogP contribution >= 0.6 is 11.8 Å². The van der Waals surface area contributed by atoms with Crippen molar-refractivity contribution < 1.29 is 4.79 Å². The summed E-state index contributed by atoms with van der Waals surface area (Å²) in [5.74, 6) is 1.39. The molecule has 1 aliphatic rings. The van der Waals surface area contributed by atoms with Gasteiger partial charge in [-0.25, -0.2) is 0 Å². The van der Waals surface area contributed by atoms with Crippen LogP contribution in [0.2, 0.25) is 0 Å². The van der Waals surface area contributed by atoms with Crippen LogP contribution in [0.4, 0.5) is 0 Å². The Kier molecular flexibility index (Phi) is 8.74. The molecule has 0 fully saturated rings. The highest BCUT2D eigenvalue weighted by atomic mass is 32.2. The fourth-order valence-corrected chi connectivity index (χ4v) is 3.77. The van der Waals surface area contributed by atoms with Crippen molar-refractivity contribution in [2.75, 3.05) is 5.75 Å². The second kappa shape index (κ2) is 9.80. The molecule has 25 heavy (non-hydrogen) atoms. The summed E-state index contributed by atoms with van der Waals surface area (Å²) in [4.78, 5) is 12.9. The predicted octanol–water partition coefficient (Wildman–Crippen LogP) is 7.49. The number of carbonyl (C=O) groups excluding carboxylic acids is 1. The highest BCUT2D eigenvalue weighted by Gasteiger charge is 2.33. The number of Topliss-reactive ketones (excluding diaryl/α,β-unsaturated/α-hetero) is 1. The van der Waals surface area contributed by atoms with Gasteiger partial charge in [-0.1, -0.05) is 80.6 Å². The molecule has 0 saturated heterocycles. The molecule has 1 nitrogen and oxygen atoms in total. The zero-order valence-electron chi connectivity index (χ0n) is 17.5. The van der Waals surface area contributed by atoms with Gasteiger partial charge in [-0.3, -0.25) is 4.79 Å². The van der Waals surface area contributed by atoms with E-state index in [0.29, 0.717) is 0 Å². The normalized spacial score (nSPS) is 16.0. The van der Waals surface area contributed by atoms with E-state index in [1.54, 1.807) is 0 Å². The van der Waals surface area contributed by atoms with Gasteiger partial charge in [0.1, 0.15) is 0 Å². The summed E-state index contributed by atoms with van der Waals surface area (Å²) in [5, 5.41) is 2.25. The molecule has 0 atom stereocenters. The van der Waals surface area contributed by atoms with Crippen molar-refractivity contribution >= 4 is 17.5 Å². The van der Waals surface area contributed by atoms with Gasteiger partial charge in [0.25, 0.3) is 0 Å². The Morgan fingerprint density at radius 1 is 0.840 bits per heavy atom. The number of ketones is 1. The van der Waals surface area contributed by atoms with Crippen LogP contribution in [-0.2, 0) is 4.79 Å². The minimum Gasteiger partial charge on any atom is -0.289 e. The highest BCUT2D eigenvalue weighted by molar-refractivity contribution is 8.02. The van der Waals surface area contributed by atoms with E-state index in [1.807, 2.05) is 11.8 Å². The van der Waals surface area contributed by atoms with Crippen molar-refractivity contribution in [1.82, 2.24) is 0 Å². The Labute approximate surface area is 160 Å². The van der Waals surface area contributed by atoms with Gasteiger partial charge in [0.15, 0.2) is 5.78 Å². The van der Waals surface area contributed by atoms with E-state index >= 15 is 0 Å². The summed E-state index contributed by atoms with van der Waals surface area (Å²) in [6.45, 7) is 15.0. The molecule has 0 unspecified atom stereocenters. The summed E-state index contributed by atoms with van der Waals surface area (Å²) in [5.41, 5.74) is 2.82. The van der Waals surface area contributed by atoms with Gasteiger partial charge in [0, 0.05) is 11.1 Å². The average Bonchev–Trinajstić information content (AvgIpc) is 2.48. The van der Waals surface area contributed by atoms with Crippen molar-refractivity contribution in [3.63, 3.8) is 0 Å². The predicted molar refractivity (Wildman–Crippen MR) is 114 cm³/mol. The molecule has 0 bridgehead atoms. The zero-order chi connectivity index (χ0) is 19.1. The van der Waals surface area contributed by atoms with Crippen LogP contribution in [0, 0.1) is 10.8 Å². The maximum absolute atomic E-state index is 12.9. The minimum atomic E-state index is -0.120. The lowest BCUT2D eigenvalue weighted by Crippen LogP contribution is -2.27. The molecule has 1 aliphatic carbocycles. The van der Waals surface area contributed by atoms with Crippen LogP contribution in [0.5, 0.6) is 0 Å². The van der Waals surface area contributed by atoms with Crippen molar-refractivity contribution in [2.45, 2.75) is 87.0 Å². The number of thioether (sulfide) groups is 1. The number of unbranched alkanes of at least 4 members (excludes halogenated alkanes) is 5. The second-order valence-corrected chi connectivity index (χ2v) is 10.2. The van der Waals surface area contributed by atoms with E-state index < -0.39 is 0 Å². The van der Waals surface area contributed by atoms with Crippen molar-refractivity contribution in [3.8, 4) is 0 Å². The van der Waals surface area contributed by atoms with Gasteiger partial charge in [0.05, 0.1) is 0 Å². The summed E-state index contributed by atoms with van der Waals surface area (Å²) in [6.07, 6.45) is 12.2. The maximum Gasteiger partial charge on any atom is 0.186 e. The SMILES string of the molecule is CCCCCCCCSC=C1C=C(C(C)(C)C)C(=O)C(C(C)(C)C)=C1. The highest BCUT2D eigenvalue weighted by Crippen LogP contribution is 2.39. The number of allylic oxidation sites excluding steroid dienone is 5. The molecule has 0 amide bonds. The van der Waals surface area contributed by atoms with E-state index in [9.17, 15) is 4.79 Å². The summed E-state index contributed by atoms with van der Waals surface area (Å²) in [7, 11) is 0. The maximum atomic E-state index is 12.9. The largest absolute Gasteiger partial charge is 0.289 e. The van der Waals surface area contributed by atoms with E-state index in [2.05, 4.69) is 66.0 Å². The average molecular weight is 363 g/mol. The first kappa shape index (κ1) is 22.3. The Balaban J connectivity index is 2.73. The molecule has 0 spiro atoms. The lowest BCUT2D eigenvalue weighted by molar-refractivity contribution is -0.114. The van der Waals surface area contributed by atoms with E-state index in [-0.39, 0.29) is 16.6 Å². The van der Waals surface area contributed by atoms with E-state index in [0.717, 1.165) is 11.1 Å². The third-order valence-corrected chi connectivity index (χ3v) is 5.53. The van der Waals surface area contributed by atoms with Crippen LogP contribution < -0.4 is 0 Å². The van der Waals surface area contributed by atoms with Gasteiger partial charge in [-0.2, -0.15) is 0 Å². The fourth-order valence-electron chi connectivity index (χ4n) is 2.95. The second-order valence-electron chi connectivity index (χ2n) is 9.20. The Morgan fingerprint density at radius 3 is 1.80 bits per heavy atom. The summed E-state index contributed by atoms with van der Waals surface area (Å²) >= 11 is 1.89. The monoisotopic (exact) mass is 362 g/mol. The first-order chi connectivity index (χ1) is 11.6. The molecule has 142 valence electrons. The Morgan fingerprint density at radius 2 is 1.32 bits per heavy atom. The molecule has 1 rings (SSSR count). The molecule has 0 aliphatic heterocycles. The molecule has 0 heterocycles. The van der Waals surface area contributed by atoms with Gasteiger partial charge in [0.2, 0.25) is 0 Å². The van der Waals surface area contributed by atoms with Gasteiger partial charge >= 0.3 is 0 Å². The van der Waals surface area contributed by atoms with Crippen molar-refractivity contribution in [2.24, 2.45) is 10.8 Å². The van der Waals surface area contributed by atoms with Crippen LogP contribution in [0.15, 0.2) is 34.3 Å². The quantitative estimate of drug-likeness (QED) is 0.416. The Hall–Kier alpha value is -0.760. The van der Waals surface area contributed by atoms with Gasteiger partial charge in [-0.15, -0.1) is 11.8 Å². The molecule has 0 aromatic heterocycles. The van der Waals surface area contributed by atoms with Crippen LogP contribution in [0.25, 0.3) is 0 Å². The fraction of sp³-hybridized carbons (Fsp3) is 0.696. The van der Waals surface area contributed by atoms with Crippen molar-refractivity contribution in [1.29, 1.82) is 0 Å². The summed E-state index contributed by atoms with van der Waals surface area (Å²) in [6, 6.07) is 0. The number of hydrogen-bond acceptors (Lipinski definition) is 2. The van der Waals surface area contributed by atoms with E-state index in [1.165, 1.54) is 49.9 Å². The Bertz CT molecular complexity index is 499. The van der Waals surface area contributed by atoms with Crippen LogP contribution in [0.3, 0.4) is 0 Å². The van der Waals surface area contributed by atoms with Crippen LogP contribution in [-0.4, -0.2) is 11.5 Å². The van der Waals surface area contributed by atoms with Crippen LogP contribution in [0.1, 0.15) is 87.0 Å². The van der Waals surface area contributed by atoms with Crippen molar-refractivity contribution in [3.05, 3.63) is 34.3 Å². The minimum absolute atomic E-state index is 0.120. The number of carbonyl (C=O) groups is 1. The standard InChI is InChI=1S/C23H38OS/c1-8-9-10-11-12-13-14-25-17-18-15-19(22(2,3)4)21(24)20(16-18)23(5,6)7/h15-17H,8-14H2,1-7H3. The van der Waals surface area contributed by atoms with Gasteiger partial charge in [-0.05, 0) is 46.1 Å². The first-order valence-corrected chi connectivity index (χ1v) is 10.9. The summed E-state index contributed by atoms with van der Waals surface area (Å²) < 4.78 is 0. The molecule has 0 saturated carbocycles. The molecule has 0 aromatic carbocycles. The molecule has 2 heteroatoms. The molecule has 0 radical (unpaired) electrons. The molecule has 0 N–H and O–H groups in total. The number of rotatable bonds is 8. The zero-order valence-corrected chi connectivity index (χ0v) is 18.3. The molecule has 0 aromatic rings. The molecular formula is C23H38OS. The van der Waals surface area contributed by atoms with E-state index in [4.69, 9.17) is 0 Å². The topological polar surface area (TPSA) is 17.1 Å². The lowest BCUT2D eigenvalue weighted by Gasteiger charge is -2.31. The number of hydrogen-bond donors (Lipinski definition) is 0. The lowest BCUT2D eigenvalue weighted by atomic mass is 9.72. The molecular weight excluding hydrogens is 324 g/mol.